The molecule has 0 aliphatic heterocycles. The minimum Gasteiger partial charge on any atom is -0.449 e. The van der Waals surface area contributed by atoms with Crippen molar-refractivity contribution in [2.24, 2.45) is 51.2 Å². The molecular formula is C29H49NO4. The first-order valence-corrected chi connectivity index (χ1v) is 14.1. The van der Waals surface area contributed by atoms with Crippen LogP contribution in [0.4, 0.5) is 4.79 Å². The van der Waals surface area contributed by atoms with E-state index in [1.165, 1.54) is 37.0 Å². The lowest BCUT2D eigenvalue weighted by Gasteiger charge is -2.59. The van der Waals surface area contributed by atoms with Gasteiger partial charge in [-0.15, -0.1) is 0 Å². The van der Waals surface area contributed by atoms with Crippen molar-refractivity contribution >= 4 is 6.09 Å². The number of aliphatic hydroxyl groups is 2. The Balaban J connectivity index is 1.29. The van der Waals surface area contributed by atoms with Gasteiger partial charge in [-0.2, -0.15) is 0 Å². The van der Waals surface area contributed by atoms with Gasteiger partial charge < -0.3 is 19.8 Å². The number of unbranched alkanes of at least 4 members (excludes halogenated alkanes) is 1. The number of carbonyl (C=O) groups is 1. The van der Waals surface area contributed by atoms with Crippen LogP contribution >= 0.6 is 0 Å². The van der Waals surface area contributed by atoms with E-state index < -0.39 is 0 Å². The SMILES string of the molecule is C[C@@H]1C23CC[C@H](O)C(C)(C)C2CC[C@H]2C4C[C@@H](O)C(CCCCOC(=O)N(C)C)[C@@]4(C)CC[C@]123. The zero-order chi connectivity index (χ0) is 24.7. The average molecular weight is 476 g/mol. The van der Waals surface area contributed by atoms with Crippen molar-refractivity contribution in [2.75, 3.05) is 20.7 Å². The standard InChI is InChI=1S/C29H49NO4/c1-18-28-15-14-27(4)20(9-7-8-16-34-25(33)30(5)6)22(31)17-21(27)19(28)10-11-23-26(2,3)24(32)12-13-29(18,23)28/h18-24,31-32H,7-17H2,1-6H3/t18-,19-,20?,21?,22+,23?,24-,27+,28-,29?/m0/s1. The summed E-state index contributed by atoms with van der Waals surface area (Å²) in [5, 5.41) is 22.1. The van der Waals surface area contributed by atoms with Crippen LogP contribution in [0.15, 0.2) is 0 Å². The zero-order valence-corrected chi connectivity index (χ0v) is 22.5. The van der Waals surface area contributed by atoms with E-state index in [-0.39, 0.29) is 29.1 Å². The molecule has 0 saturated heterocycles. The second-order valence-corrected chi connectivity index (χ2v) is 13.9. The van der Waals surface area contributed by atoms with Crippen LogP contribution in [0.5, 0.6) is 0 Å². The summed E-state index contributed by atoms with van der Waals surface area (Å²) in [4.78, 5) is 13.1. The number of aliphatic hydroxyl groups excluding tert-OH is 2. The van der Waals surface area contributed by atoms with Crippen molar-refractivity contribution in [2.45, 2.75) is 104 Å². The maximum atomic E-state index is 11.7. The van der Waals surface area contributed by atoms with E-state index in [0.29, 0.717) is 35.2 Å². The number of carbonyl (C=O) groups excluding carboxylic acids is 1. The van der Waals surface area contributed by atoms with Crippen LogP contribution in [0.2, 0.25) is 0 Å². The quantitative estimate of drug-likeness (QED) is 0.517. The lowest BCUT2D eigenvalue weighted by Crippen LogP contribution is -2.54. The van der Waals surface area contributed by atoms with Crippen molar-refractivity contribution in [1.82, 2.24) is 4.90 Å². The lowest BCUT2D eigenvalue weighted by atomic mass is 9.46. The summed E-state index contributed by atoms with van der Waals surface area (Å²) in [7, 11) is 3.42. The third-order valence-corrected chi connectivity index (χ3v) is 12.7. The minimum absolute atomic E-state index is 0.0233. The third-order valence-electron chi connectivity index (χ3n) is 12.7. The van der Waals surface area contributed by atoms with E-state index in [1.54, 1.807) is 14.1 Å². The largest absolute Gasteiger partial charge is 0.449 e. The minimum atomic E-state index is -0.271. The van der Waals surface area contributed by atoms with Gasteiger partial charge >= 0.3 is 6.09 Å². The Bertz CT molecular complexity index is 812. The molecule has 0 aromatic heterocycles. The number of hydrogen-bond donors (Lipinski definition) is 2. The molecule has 5 fully saturated rings. The summed E-state index contributed by atoms with van der Waals surface area (Å²) in [6.07, 6.45) is 10.5. The molecule has 34 heavy (non-hydrogen) atoms. The van der Waals surface area contributed by atoms with Gasteiger partial charge in [0, 0.05) is 14.1 Å². The van der Waals surface area contributed by atoms with Gasteiger partial charge in [0.25, 0.3) is 0 Å². The molecule has 0 aromatic rings. The van der Waals surface area contributed by atoms with Gasteiger partial charge in [-0.1, -0.05) is 27.7 Å². The molecule has 5 aliphatic carbocycles. The number of amides is 1. The van der Waals surface area contributed by atoms with Gasteiger partial charge in [0.15, 0.2) is 0 Å². The van der Waals surface area contributed by atoms with Gasteiger partial charge in [-0.25, -0.2) is 4.79 Å². The van der Waals surface area contributed by atoms with Crippen LogP contribution in [-0.2, 0) is 4.74 Å². The van der Waals surface area contributed by atoms with E-state index in [0.717, 1.165) is 43.9 Å². The summed E-state index contributed by atoms with van der Waals surface area (Å²) in [6, 6.07) is 0. The van der Waals surface area contributed by atoms with Crippen LogP contribution in [-0.4, -0.2) is 54.1 Å². The molecule has 4 unspecified atom stereocenters. The normalized spacial score (nSPS) is 50.4. The van der Waals surface area contributed by atoms with Crippen molar-refractivity contribution in [1.29, 1.82) is 0 Å². The van der Waals surface area contributed by atoms with Crippen molar-refractivity contribution in [3.63, 3.8) is 0 Å². The van der Waals surface area contributed by atoms with Gasteiger partial charge in [-0.3, -0.25) is 0 Å². The smallest absolute Gasteiger partial charge is 0.409 e. The fraction of sp³-hybridized carbons (Fsp3) is 0.966. The number of nitrogens with zero attached hydrogens (tertiary/aromatic N) is 1. The molecule has 5 rings (SSSR count). The molecular weight excluding hydrogens is 426 g/mol. The van der Waals surface area contributed by atoms with Gasteiger partial charge in [0.1, 0.15) is 0 Å². The van der Waals surface area contributed by atoms with E-state index in [9.17, 15) is 15.0 Å². The highest BCUT2D eigenvalue weighted by molar-refractivity contribution is 5.66. The number of hydrogen-bond acceptors (Lipinski definition) is 4. The van der Waals surface area contributed by atoms with Crippen LogP contribution in [0.1, 0.15) is 91.9 Å². The summed E-state index contributed by atoms with van der Waals surface area (Å²) >= 11 is 0. The Labute approximate surface area is 207 Å². The van der Waals surface area contributed by atoms with Crippen LogP contribution in [0.3, 0.4) is 0 Å². The van der Waals surface area contributed by atoms with Crippen molar-refractivity contribution < 1.29 is 19.7 Å². The van der Waals surface area contributed by atoms with E-state index in [4.69, 9.17) is 4.74 Å². The average Bonchev–Trinajstić information content (AvgIpc) is 3.20. The van der Waals surface area contributed by atoms with Crippen molar-refractivity contribution in [3.05, 3.63) is 0 Å². The fourth-order valence-electron chi connectivity index (χ4n) is 11.0. The summed E-state index contributed by atoms with van der Waals surface area (Å²) < 4.78 is 5.31. The van der Waals surface area contributed by atoms with E-state index in [2.05, 4.69) is 27.7 Å². The number of fused-ring (bicyclic) bond motifs is 2. The second kappa shape index (κ2) is 8.10. The monoisotopic (exact) mass is 475 g/mol. The zero-order valence-electron chi connectivity index (χ0n) is 22.5. The molecule has 5 saturated carbocycles. The molecule has 10 atom stereocenters. The van der Waals surface area contributed by atoms with Crippen LogP contribution in [0.25, 0.3) is 0 Å². The molecule has 5 aliphatic rings. The summed E-state index contributed by atoms with van der Waals surface area (Å²) in [6.45, 7) is 10.2. The molecule has 2 N–H and O–H groups in total. The maximum absolute atomic E-state index is 11.7. The van der Waals surface area contributed by atoms with Gasteiger partial charge in [0.05, 0.1) is 18.8 Å². The molecule has 194 valence electrons. The molecule has 5 heteroatoms. The highest BCUT2D eigenvalue weighted by atomic mass is 16.6. The lowest BCUT2D eigenvalue weighted by molar-refractivity contribution is -0.132. The fourth-order valence-corrected chi connectivity index (χ4v) is 11.0. The van der Waals surface area contributed by atoms with Crippen LogP contribution in [0, 0.1) is 51.2 Å². The third kappa shape index (κ3) is 3.07. The predicted molar refractivity (Wildman–Crippen MR) is 133 cm³/mol. The topological polar surface area (TPSA) is 70.0 Å². The maximum Gasteiger partial charge on any atom is 0.409 e. The Morgan fingerprint density at radius 1 is 0.971 bits per heavy atom. The Morgan fingerprint density at radius 2 is 1.71 bits per heavy atom. The Hall–Kier alpha value is -0.810. The Morgan fingerprint density at radius 3 is 2.41 bits per heavy atom. The van der Waals surface area contributed by atoms with E-state index in [1.807, 2.05) is 0 Å². The molecule has 1 amide bonds. The molecule has 2 spiro atoms. The molecule has 0 bridgehead atoms. The first-order valence-electron chi connectivity index (χ1n) is 14.1. The highest BCUT2D eigenvalue weighted by Gasteiger charge is 2.84. The van der Waals surface area contributed by atoms with Crippen molar-refractivity contribution in [3.8, 4) is 0 Å². The van der Waals surface area contributed by atoms with Gasteiger partial charge in [-0.05, 0) is 115 Å². The number of rotatable bonds is 5. The van der Waals surface area contributed by atoms with Gasteiger partial charge in [0.2, 0.25) is 0 Å². The first kappa shape index (κ1) is 24.9. The highest BCUT2D eigenvalue weighted by Crippen LogP contribution is 2.89. The second-order valence-electron chi connectivity index (χ2n) is 13.9. The molecule has 0 heterocycles. The summed E-state index contributed by atoms with van der Waals surface area (Å²) in [5.74, 6) is 3.14. The molecule has 0 aromatic carbocycles. The summed E-state index contributed by atoms with van der Waals surface area (Å²) in [5.41, 5.74) is 1.14. The van der Waals surface area contributed by atoms with E-state index >= 15 is 0 Å². The molecule has 0 radical (unpaired) electrons. The van der Waals surface area contributed by atoms with Crippen LogP contribution < -0.4 is 0 Å². The Kier molecular flexibility index (Phi) is 5.92. The molecule has 5 nitrogen and oxygen atoms in total. The first-order chi connectivity index (χ1) is 15.9. The predicted octanol–water partition coefficient (Wildman–Crippen LogP) is 5.48. The number of ether oxygens (including phenoxy) is 1.